The zero-order valence-electron chi connectivity index (χ0n) is 12.0. The van der Waals surface area contributed by atoms with Gasteiger partial charge in [0.2, 0.25) is 0 Å². The highest BCUT2D eigenvalue weighted by Crippen LogP contribution is 2.20. The topological polar surface area (TPSA) is 41.0 Å². The van der Waals surface area contributed by atoms with Gasteiger partial charge in [0.15, 0.2) is 5.82 Å². The summed E-state index contributed by atoms with van der Waals surface area (Å²) in [5, 5.41) is 11.0. The van der Waals surface area contributed by atoms with Gasteiger partial charge < -0.3 is 10.2 Å². The lowest BCUT2D eigenvalue weighted by molar-refractivity contribution is -0.119. The summed E-state index contributed by atoms with van der Waals surface area (Å²) < 4.78 is 37.5. The van der Waals surface area contributed by atoms with Crippen LogP contribution >= 0.6 is 0 Å². The molecule has 7 heteroatoms. The zero-order chi connectivity index (χ0) is 15.2. The summed E-state index contributed by atoms with van der Waals surface area (Å²) in [5.74, 6) is 0.262. The van der Waals surface area contributed by atoms with Gasteiger partial charge in [-0.1, -0.05) is 20.8 Å². The van der Waals surface area contributed by atoms with Gasteiger partial charge in [0.05, 0.1) is 5.69 Å². The van der Waals surface area contributed by atoms with Crippen LogP contribution in [-0.2, 0) is 6.54 Å². The lowest BCUT2D eigenvalue weighted by Crippen LogP contribution is -2.35. The van der Waals surface area contributed by atoms with Crippen molar-refractivity contribution in [3.63, 3.8) is 0 Å². The molecule has 1 aromatic rings. The van der Waals surface area contributed by atoms with Crippen molar-refractivity contribution in [2.75, 3.05) is 18.0 Å². The Labute approximate surface area is 117 Å². The number of rotatable bonds is 7. The number of alkyl halides is 3. The molecule has 0 amide bonds. The molecule has 4 nitrogen and oxygen atoms in total. The molecule has 0 unspecified atom stereocenters. The van der Waals surface area contributed by atoms with Crippen molar-refractivity contribution < 1.29 is 13.2 Å². The molecule has 1 heterocycles. The van der Waals surface area contributed by atoms with Crippen molar-refractivity contribution in [1.82, 2.24) is 15.5 Å². The van der Waals surface area contributed by atoms with Gasteiger partial charge in [0, 0.05) is 19.1 Å². The van der Waals surface area contributed by atoms with Crippen LogP contribution < -0.4 is 10.2 Å². The molecule has 1 rings (SSSR count). The third-order valence-corrected chi connectivity index (χ3v) is 2.58. The van der Waals surface area contributed by atoms with Crippen LogP contribution in [0.3, 0.4) is 0 Å². The third kappa shape index (κ3) is 6.18. The Balaban J connectivity index is 2.72. The molecule has 0 aliphatic rings. The van der Waals surface area contributed by atoms with Gasteiger partial charge in [-0.3, -0.25) is 0 Å². The van der Waals surface area contributed by atoms with Gasteiger partial charge in [-0.05, 0) is 18.6 Å². The predicted molar refractivity (Wildman–Crippen MR) is 72.6 cm³/mol. The maximum atomic E-state index is 12.5. The molecular weight excluding hydrogens is 269 g/mol. The standard InChI is InChI=1S/C13H21F3N4/c1-4-7-20(9-13(14,15)16)12-6-5-11(18-19-12)8-17-10(2)3/h5-6,10,17H,4,7-9H2,1-3H3. The highest BCUT2D eigenvalue weighted by atomic mass is 19.4. The molecule has 114 valence electrons. The smallest absolute Gasteiger partial charge is 0.346 e. The quantitative estimate of drug-likeness (QED) is 0.838. The highest BCUT2D eigenvalue weighted by Gasteiger charge is 2.31. The summed E-state index contributed by atoms with van der Waals surface area (Å²) >= 11 is 0. The molecule has 1 aromatic heterocycles. The van der Waals surface area contributed by atoms with Gasteiger partial charge in [-0.2, -0.15) is 18.3 Å². The van der Waals surface area contributed by atoms with Crippen molar-refractivity contribution in [3.05, 3.63) is 17.8 Å². The molecular formula is C13H21F3N4. The Morgan fingerprint density at radius 3 is 2.40 bits per heavy atom. The number of halogens is 3. The summed E-state index contributed by atoms with van der Waals surface area (Å²) in [5.41, 5.74) is 0.714. The van der Waals surface area contributed by atoms with E-state index in [0.29, 0.717) is 31.2 Å². The van der Waals surface area contributed by atoms with E-state index in [2.05, 4.69) is 15.5 Å². The maximum absolute atomic E-state index is 12.5. The average molecular weight is 290 g/mol. The SMILES string of the molecule is CCCN(CC(F)(F)F)c1ccc(CNC(C)C)nn1. The largest absolute Gasteiger partial charge is 0.405 e. The van der Waals surface area contributed by atoms with Crippen LogP contribution in [0.1, 0.15) is 32.9 Å². The second-order valence-electron chi connectivity index (χ2n) is 4.96. The van der Waals surface area contributed by atoms with Gasteiger partial charge in [0.25, 0.3) is 0 Å². The monoisotopic (exact) mass is 290 g/mol. The molecule has 0 aliphatic carbocycles. The predicted octanol–water partition coefficient (Wildman–Crippen LogP) is 2.75. The molecule has 0 aliphatic heterocycles. The molecule has 0 bridgehead atoms. The molecule has 0 saturated carbocycles. The van der Waals surface area contributed by atoms with Crippen molar-refractivity contribution in [2.45, 2.75) is 46.0 Å². The normalized spacial score (nSPS) is 11.9. The summed E-state index contributed by atoms with van der Waals surface area (Å²) in [4.78, 5) is 1.20. The molecule has 1 N–H and O–H groups in total. The first-order valence-corrected chi connectivity index (χ1v) is 6.69. The van der Waals surface area contributed by atoms with E-state index < -0.39 is 12.7 Å². The van der Waals surface area contributed by atoms with Gasteiger partial charge in [-0.15, -0.1) is 5.10 Å². The third-order valence-electron chi connectivity index (χ3n) is 2.58. The van der Waals surface area contributed by atoms with Gasteiger partial charge in [0.1, 0.15) is 6.54 Å². The van der Waals surface area contributed by atoms with Crippen LogP contribution in [0.25, 0.3) is 0 Å². The second-order valence-corrected chi connectivity index (χ2v) is 4.96. The van der Waals surface area contributed by atoms with Crippen LogP contribution in [0.5, 0.6) is 0 Å². The first-order valence-electron chi connectivity index (χ1n) is 6.69. The molecule has 0 spiro atoms. The molecule has 0 aromatic carbocycles. The first kappa shape index (κ1) is 16.7. The number of anilines is 1. The van der Waals surface area contributed by atoms with Crippen LogP contribution in [0.2, 0.25) is 0 Å². The van der Waals surface area contributed by atoms with Crippen molar-refractivity contribution in [2.24, 2.45) is 0 Å². The molecule has 20 heavy (non-hydrogen) atoms. The average Bonchev–Trinajstić information content (AvgIpc) is 2.35. The van der Waals surface area contributed by atoms with Crippen LogP contribution in [0.15, 0.2) is 12.1 Å². The fourth-order valence-corrected chi connectivity index (χ4v) is 1.69. The molecule has 0 saturated heterocycles. The van der Waals surface area contributed by atoms with Gasteiger partial charge >= 0.3 is 6.18 Å². The summed E-state index contributed by atoms with van der Waals surface area (Å²) in [7, 11) is 0. The maximum Gasteiger partial charge on any atom is 0.405 e. The lowest BCUT2D eigenvalue weighted by Gasteiger charge is -2.23. The summed E-state index contributed by atoms with van der Waals surface area (Å²) in [6.45, 7) is 5.70. The van der Waals surface area contributed by atoms with Gasteiger partial charge in [-0.25, -0.2) is 0 Å². The summed E-state index contributed by atoms with van der Waals surface area (Å²) in [6, 6.07) is 3.61. The first-order chi connectivity index (χ1) is 9.31. The second kappa shape index (κ2) is 7.42. The van der Waals surface area contributed by atoms with E-state index in [1.165, 1.54) is 4.90 Å². The fraction of sp³-hybridized carbons (Fsp3) is 0.692. The van der Waals surface area contributed by atoms with E-state index in [1.54, 1.807) is 12.1 Å². The van der Waals surface area contributed by atoms with Crippen molar-refractivity contribution in [3.8, 4) is 0 Å². The Morgan fingerprint density at radius 1 is 1.25 bits per heavy atom. The van der Waals surface area contributed by atoms with Crippen molar-refractivity contribution in [1.29, 1.82) is 0 Å². The minimum atomic E-state index is -4.24. The summed E-state index contributed by atoms with van der Waals surface area (Å²) in [6.07, 6.45) is -3.62. The number of nitrogens with zero attached hydrogens (tertiary/aromatic N) is 3. The van der Waals surface area contributed by atoms with Crippen LogP contribution in [-0.4, -0.2) is 35.5 Å². The van der Waals surface area contributed by atoms with E-state index in [1.807, 2.05) is 20.8 Å². The Kier molecular flexibility index (Phi) is 6.19. The van der Waals surface area contributed by atoms with E-state index in [9.17, 15) is 13.2 Å². The van der Waals surface area contributed by atoms with E-state index in [-0.39, 0.29) is 5.82 Å². The molecule has 0 radical (unpaired) electrons. The van der Waals surface area contributed by atoms with Crippen LogP contribution in [0, 0.1) is 0 Å². The molecule has 0 atom stereocenters. The van der Waals surface area contributed by atoms with E-state index in [4.69, 9.17) is 0 Å². The fourth-order valence-electron chi connectivity index (χ4n) is 1.69. The Hall–Kier alpha value is -1.37. The minimum Gasteiger partial charge on any atom is -0.346 e. The highest BCUT2D eigenvalue weighted by molar-refractivity contribution is 5.37. The molecule has 0 fully saturated rings. The minimum absolute atomic E-state index is 0.262. The zero-order valence-corrected chi connectivity index (χ0v) is 12.0. The number of hydrogen-bond donors (Lipinski definition) is 1. The van der Waals surface area contributed by atoms with Crippen LogP contribution in [0.4, 0.5) is 19.0 Å². The number of nitrogens with one attached hydrogen (secondary N) is 1. The van der Waals surface area contributed by atoms with Crippen molar-refractivity contribution >= 4 is 5.82 Å². The number of hydrogen-bond acceptors (Lipinski definition) is 4. The number of aromatic nitrogens is 2. The Morgan fingerprint density at radius 2 is 1.95 bits per heavy atom. The Bertz CT molecular complexity index is 390. The lowest BCUT2D eigenvalue weighted by atomic mass is 10.3. The van der Waals surface area contributed by atoms with E-state index in [0.717, 1.165) is 0 Å². The van der Waals surface area contributed by atoms with E-state index >= 15 is 0 Å².